The zero-order valence-corrected chi connectivity index (χ0v) is 10.4. The molecule has 0 radical (unpaired) electrons. The van der Waals surface area contributed by atoms with E-state index in [4.69, 9.17) is 14.9 Å². The van der Waals surface area contributed by atoms with Crippen LogP contribution in [0.4, 0.5) is 4.39 Å². The second-order valence-electron chi connectivity index (χ2n) is 4.30. The molecule has 2 rings (SSSR count). The lowest BCUT2D eigenvalue weighted by Crippen LogP contribution is -2.09. The van der Waals surface area contributed by atoms with Crippen LogP contribution in [0.25, 0.3) is 0 Å². The maximum atomic E-state index is 13.5. The molecule has 4 heteroatoms. The van der Waals surface area contributed by atoms with Crippen LogP contribution in [0.1, 0.15) is 29.9 Å². The smallest absolute Gasteiger partial charge is 0.146 e. The fourth-order valence-electron chi connectivity index (χ4n) is 1.69. The first-order chi connectivity index (χ1) is 8.58. The monoisotopic (exact) mass is 249 g/mol. The molecule has 2 N–H and O–H groups in total. The molecule has 0 bridgehead atoms. The van der Waals surface area contributed by atoms with Gasteiger partial charge >= 0.3 is 0 Å². The summed E-state index contributed by atoms with van der Waals surface area (Å²) in [5.74, 6) is 1.04. The largest absolute Gasteiger partial charge is 0.485 e. The Morgan fingerprint density at radius 2 is 2.22 bits per heavy atom. The number of rotatable bonds is 4. The van der Waals surface area contributed by atoms with Crippen molar-refractivity contribution < 1.29 is 13.5 Å². The second kappa shape index (κ2) is 5.23. The molecule has 96 valence electrons. The van der Waals surface area contributed by atoms with Gasteiger partial charge in [-0.1, -0.05) is 0 Å². The van der Waals surface area contributed by atoms with Crippen molar-refractivity contribution in [2.24, 2.45) is 5.73 Å². The van der Waals surface area contributed by atoms with E-state index in [-0.39, 0.29) is 11.9 Å². The summed E-state index contributed by atoms with van der Waals surface area (Å²) < 4.78 is 24.3. The molecule has 2 aromatic rings. The van der Waals surface area contributed by atoms with E-state index in [0.29, 0.717) is 29.2 Å². The molecule has 1 atom stereocenters. The third kappa shape index (κ3) is 2.71. The molecule has 1 unspecified atom stereocenters. The van der Waals surface area contributed by atoms with Crippen LogP contribution in [0.5, 0.6) is 5.75 Å². The maximum Gasteiger partial charge on any atom is 0.146 e. The van der Waals surface area contributed by atoms with Crippen LogP contribution < -0.4 is 10.5 Å². The van der Waals surface area contributed by atoms with E-state index in [0.717, 1.165) is 0 Å². The van der Waals surface area contributed by atoms with Crippen LogP contribution in [0.2, 0.25) is 0 Å². The first kappa shape index (κ1) is 12.6. The normalized spacial score (nSPS) is 12.4. The second-order valence-corrected chi connectivity index (χ2v) is 4.30. The molecule has 0 saturated carbocycles. The van der Waals surface area contributed by atoms with Crippen LogP contribution in [0.15, 0.2) is 34.9 Å². The van der Waals surface area contributed by atoms with Crippen LogP contribution >= 0.6 is 0 Å². The van der Waals surface area contributed by atoms with E-state index in [1.54, 1.807) is 32.2 Å². The summed E-state index contributed by atoms with van der Waals surface area (Å²) in [5, 5.41) is 0. The SMILES string of the molecule is Cc1cc(OCc2ccco2)c(C(C)N)cc1F. The number of furan rings is 1. The zero-order chi connectivity index (χ0) is 13.1. The number of nitrogens with two attached hydrogens (primary N) is 1. The molecule has 0 amide bonds. The summed E-state index contributed by atoms with van der Waals surface area (Å²) >= 11 is 0. The van der Waals surface area contributed by atoms with Gasteiger partial charge in [-0.25, -0.2) is 4.39 Å². The average Bonchev–Trinajstić information content (AvgIpc) is 2.83. The molecule has 0 aliphatic carbocycles. The summed E-state index contributed by atoms with van der Waals surface area (Å²) in [6, 6.07) is 6.42. The first-order valence-electron chi connectivity index (χ1n) is 5.78. The van der Waals surface area contributed by atoms with Crippen molar-refractivity contribution in [1.82, 2.24) is 0 Å². The Balaban J connectivity index is 2.23. The standard InChI is InChI=1S/C14H16FNO2/c1-9-6-14(12(10(2)16)7-13(9)15)18-8-11-4-3-5-17-11/h3-7,10H,8,16H2,1-2H3. The fourth-order valence-corrected chi connectivity index (χ4v) is 1.69. The number of ether oxygens (including phenoxy) is 1. The lowest BCUT2D eigenvalue weighted by molar-refractivity contribution is 0.266. The Morgan fingerprint density at radius 3 is 2.83 bits per heavy atom. The number of benzene rings is 1. The van der Waals surface area contributed by atoms with E-state index >= 15 is 0 Å². The van der Waals surface area contributed by atoms with Crippen molar-refractivity contribution in [2.45, 2.75) is 26.5 Å². The van der Waals surface area contributed by atoms with Crippen LogP contribution in [0.3, 0.4) is 0 Å². The third-order valence-electron chi connectivity index (χ3n) is 2.73. The topological polar surface area (TPSA) is 48.4 Å². The molecular formula is C14H16FNO2. The molecule has 3 nitrogen and oxygen atoms in total. The van der Waals surface area contributed by atoms with Gasteiger partial charge in [0.05, 0.1) is 6.26 Å². The van der Waals surface area contributed by atoms with Gasteiger partial charge in [0.2, 0.25) is 0 Å². The minimum atomic E-state index is -0.285. The molecule has 1 heterocycles. The van der Waals surface area contributed by atoms with Gasteiger partial charge in [-0.2, -0.15) is 0 Å². The summed E-state index contributed by atoms with van der Waals surface area (Å²) in [7, 11) is 0. The van der Waals surface area contributed by atoms with Crippen LogP contribution in [-0.4, -0.2) is 0 Å². The van der Waals surface area contributed by atoms with Gasteiger partial charge in [0.1, 0.15) is 23.9 Å². The minimum absolute atomic E-state index is 0.271. The van der Waals surface area contributed by atoms with E-state index in [1.165, 1.54) is 6.07 Å². The van der Waals surface area contributed by atoms with Gasteiger partial charge < -0.3 is 14.9 Å². The van der Waals surface area contributed by atoms with E-state index in [2.05, 4.69) is 0 Å². The van der Waals surface area contributed by atoms with E-state index in [9.17, 15) is 4.39 Å². The zero-order valence-electron chi connectivity index (χ0n) is 10.4. The average molecular weight is 249 g/mol. The van der Waals surface area contributed by atoms with Gasteiger partial charge in [0.25, 0.3) is 0 Å². The Labute approximate surface area is 105 Å². The predicted octanol–water partition coefficient (Wildman–Crippen LogP) is 3.33. The highest BCUT2D eigenvalue weighted by Gasteiger charge is 2.12. The number of halogens is 1. The van der Waals surface area contributed by atoms with Crippen molar-refractivity contribution >= 4 is 0 Å². The van der Waals surface area contributed by atoms with Crippen molar-refractivity contribution in [3.63, 3.8) is 0 Å². The molecule has 1 aromatic carbocycles. The lowest BCUT2D eigenvalue weighted by Gasteiger charge is -2.14. The van der Waals surface area contributed by atoms with Crippen LogP contribution in [0, 0.1) is 12.7 Å². The molecule has 0 aliphatic heterocycles. The molecule has 1 aromatic heterocycles. The molecule has 0 fully saturated rings. The summed E-state index contributed by atoms with van der Waals surface area (Å²) in [5.41, 5.74) is 7.01. The molecule has 18 heavy (non-hydrogen) atoms. The number of hydrogen-bond donors (Lipinski definition) is 1. The van der Waals surface area contributed by atoms with E-state index < -0.39 is 0 Å². The van der Waals surface area contributed by atoms with Crippen LogP contribution in [-0.2, 0) is 6.61 Å². The van der Waals surface area contributed by atoms with Crippen molar-refractivity contribution in [3.8, 4) is 5.75 Å². The predicted molar refractivity (Wildman–Crippen MR) is 66.8 cm³/mol. The number of aryl methyl sites for hydroxylation is 1. The maximum absolute atomic E-state index is 13.5. The van der Waals surface area contributed by atoms with Gasteiger partial charge in [-0.3, -0.25) is 0 Å². The molecule has 0 saturated heterocycles. The number of hydrogen-bond acceptors (Lipinski definition) is 3. The van der Waals surface area contributed by atoms with Crippen molar-refractivity contribution in [1.29, 1.82) is 0 Å². The van der Waals surface area contributed by atoms with Gasteiger partial charge in [-0.15, -0.1) is 0 Å². The molecule has 0 aliphatic rings. The highest BCUT2D eigenvalue weighted by molar-refractivity contribution is 5.39. The highest BCUT2D eigenvalue weighted by atomic mass is 19.1. The molecular weight excluding hydrogens is 233 g/mol. The lowest BCUT2D eigenvalue weighted by atomic mass is 10.1. The quantitative estimate of drug-likeness (QED) is 0.904. The van der Waals surface area contributed by atoms with E-state index in [1.807, 2.05) is 6.07 Å². The van der Waals surface area contributed by atoms with Crippen molar-refractivity contribution in [2.75, 3.05) is 0 Å². The summed E-state index contributed by atoms with van der Waals surface area (Å²) in [6.07, 6.45) is 1.58. The van der Waals surface area contributed by atoms with Gasteiger partial charge in [0, 0.05) is 11.6 Å². The summed E-state index contributed by atoms with van der Waals surface area (Å²) in [6.45, 7) is 3.79. The summed E-state index contributed by atoms with van der Waals surface area (Å²) in [4.78, 5) is 0. The van der Waals surface area contributed by atoms with Crippen molar-refractivity contribution in [3.05, 3.63) is 53.2 Å². The van der Waals surface area contributed by atoms with Gasteiger partial charge in [0.15, 0.2) is 0 Å². The third-order valence-corrected chi connectivity index (χ3v) is 2.73. The molecule has 0 spiro atoms. The highest BCUT2D eigenvalue weighted by Crippen LogP contribution is 2.27. The first-order valence-corrected chi connectivity index (χ1v) is 5.78. The minimum Gasteiger partial charge on any atom is -0.485 e. The van der Waals surface area contributed by atoms with Gasteiger partial charge in [-0.05, 0) is 43.7 Å². The Hall–Kier alpha value is -1.81. The Morgan fingerprint density at radius 1 is 1.44 bits per heavy atom. The Bertz CT molecular complexity index is 521. The fraction of sp³-hybridized carbons (Fsp3) is 0.286. The Kier molecular flexibility index (Phi) is 3.67.